The minimum Gasteiger partial charge on any atom is -0.494 e. The van der Waals surface area contributed by atoms with Crippen molar-refractivity contribution in [3.05, 3.63) is 71.8 Å². The zero-order valence-corrected chi connectivity index (χ0v) is 22.8. The van der Waals surface area contributed by atoms with Gasteiger partial charge in [0.1, 0.15) is 23.9 Å². The second-order valence-corrected chi connectivity index (χ2v) is 10.0. The average molecular weight is 540 g/mol. The number of hydrogen-bond acceptors (Lipinski definition) is 8. The van der Waals surface area contributed by atoms with Crippen molar-refractivity contribution in [1.29, 1.82) is 0 Å². The van der Waals surface area contributed by atoms with E-state index in [2.05, 4.69) is 22.5 Å². The number of aromatic nitrogens is 2. The molecule has 1 fully saturated rings. The van der Waals surface area contributed by atoms with Gasteiger partial charge >= 0.3 is 0 Å². The summed E-state index contributed by atoms with van der Waals surface area (Å²) in [6.45, 7) is 9.11. The van der Waals surface area contributed by atoms with E-state index >= 15 is 0 Å². The first kappa shape index (κ1) is 26.0. The van der Waals surface area contributed by atoms with Gasteiger partial charge < -0.3 is 24.8 Å². The van der Waals surface area contributed by atoms with Gasteiger partial charge in [-0.05, 0) is 67.9 Å². The van der Waals surface area contributed by atoms with Gasteiger partial charge in [-0.1, -0.05) is 12.1 Å². The highest BCUT2D eigenvalue weighted by atomic mass is 16.5. The zero-order valence-electron chi connectivity index (χ0n) is 22.8. The molecule has 2 N–H and O–H groups in total. The number of carbonyl (C=O) groups is 1. The highest BCUT2D eigenvalue weighted by Crippen LogP contribution is 2.32. The predicted molar refractivity (Wildman–Crippen MR) is 154 cm³/mol. The summed E-state index contributed by atoms with van der Waals surface area (Å²) in [6, 6.07) is 19.8. The Morgan fingerprint density at radius 3 is 2.85 bits per heavy atom. The van der Waals surface area contributed by atoms with Crippen molar-refractivity contribution >= 4 is 28.3 Å². The molecule has 1 unspecified atom stereocenters. The maximum absolute atomic E-state index is 12.0. The Hall–Kier alpha value is -4.21. The van der Waals surface area contributed by atoms with E-state index in [1.54, 1.807) is 0 Å². The molecule has 2 aliphatic rings. The molecule has 1 amide bonds. The van der Waals surface area contributed by atoms with Crippen LogP contribution in [0.3, 0.4) is 0 Å². The summed E-state index contributed by atoms with van der Waals surface area (Å²) in [5.74, 6) is 2.73. The Morgan fingerprint density at radius 1 is 1.07 bits per heavy atom. The largest absolute Gasteiger partial charge is 0.494 e. The van der Waals surface area contributed by atoms with Gasteiger partial charge in [0.25, 0.3) is 5.91 Å². The van der Waals surface area contributed by atoms with Crippen LogP contribution in [0.25, 0.3) is 22.3 Å². The lowest BCUT2D eigenvalue weighted by Crippen LogP contribution is -2.45. The van der Waals surface area contributed by atoms with Gasteiger partial charge in [-0.2, -0.15) is 0 Å². The van der Waals surface area contributed by atoms with Gasteiger partial charge in [0.15, 0.2) is 5.82 Å². The lowest BCUT2D eigenvalue weighted by Gasteiger charge is -2.32. The molecular weight excluding hydrogens is 506 g/mol. The summed E-state index contributed by atoms with van der Waals surface area (Å²) in [4.78, 5) is 24.2. The summed E-state index contributed by atoms with van der Waals surface area (Å²) in [7, 11) is 0. The van der Waals surface area contributed by atoms with E-state index < -0.39 is 0 Å². The van der Waals surface area contributed by atoms with Gasteiger partial charge in [0.05, 0.1) is 25.3 Å². The SMILES string of the molecule is CCOc1ccc2nc(-c3cccc(OCCN4CCOCC4C)c3)nc(Nc3ccc4c(c3)CNC4=O)c2c1. The molecule has 0 spiro atoms. The predicted octanol–water partition coefficient (Wildman–Crippen LogP) is 4.78. The van der Waals surface area contributed by atoms with E-state index in [0.717, 1.165) is 65.5 Å². The fourth-order valence-electron chi connectivity index (χ4n) is 5.13. The second kappa shape index (κ2) is 11.5. The maximum Gasteiger partial charge on any atom is 0.251 e. The molecule has 0 saturated carbocycles. The zero-order chi connectivity index (χ0) is 27.5. The van der Waals surface area contributed by atoms with Crippen LogP contribution < -0.4 is 20.1 Å². The third kappa shape index (κ3) is 5.57. The third-order valence-electron chi connectivity index (χ3n) is 7.27. The number of fused-ring (bicyclic) bond motifs is 2. The molecule has 3 aromatic carbocycles. The fourth-order valence-corrected chi connectivity index (χ4v) is 5.13. The summed E-state index contributed by atoms with van der Waals surface area (Å²) in [5, 5.41) is 7.18. The fraction of sp³-hybridized carbons (Fsp3) is 0.323. The van der Waals surface area contributed by atoms with E-state index in [0.29, 0.717) is 43.0 Å². The molecule has 1 aromatic heterocycles. The van der Waals surface area contributed by atoms with Crippen molar-refractivity contribution < 1.29 is 19.0 Å². The van der Waals surface area contributed by atoms with Gasteiger partial charge in [0, 0.05) is 47.9 Å². The summed E-state index contributed by atoms with van der Waals surface area (Å²) in [6.07, 6.45) is 0. The highest BCUT2D eigenvalue weighted by molar-refractivity contribution is 5.99. The maximum atomic E-state index is 12.0. The van der Waals surface area contributed by atoms with Crippen LogP contribution >= 0.6 is 0 Å². The number of morpholine rings is 1. The van der Waals surface area contributed by atoms with Crippen LogP contribution in [0.2, 0.25) is 0 Å². The van der Waals surface area contributed by atoms with Crippen LogP contribution in [0.1, 0.15) is 29.8 Å². The van der Waals surface area contributed by atoms with E-state index in [-0.39, 0.29) is 5.91 Å². The minimum atomic E-state index is -0.0424. The van der Waals surface area contributed by atoms with Gasteiger partial charge in [0.2, 0.25) is 0 Å². The van der Waals surface area contributed by atoms with Crippen LogP contribution in [0.4, 0.5) is 11.5 Å². The number of nitrogens with zero attached hydrogens (tertiary/aromatic N) is 3. The molecule has 0 radical (unpaired) electrons. The molecule has 0 aliphatic carbocycles. The second-order valence-electron chi connectivity index (χ2n) is 10.0. The summed E-state index contributed by atoms with van der Waals surface area (Å²) in [5.41, 5.74) is 4.16. The minimum absolute atomic E-state index is 0.0424. The Bertz CT molecular complexity index is 1540. The number of amides is 1. The molecule has 206 valence electrons. The van der Waals surface area contributed by atoms with Crippen molar-refractivity contribution in [1.82, 2.24) is 20.2 Å². The van der Waals surface area contributed by atoms with Crippen LogP contribution in [0.15, 0.2) is 60.7 Å². The molecule has 3 heterocycles. The lowest BCUT2D eigenvalue weighted by atomic mass is 10.1. The molecule has 9 heteroatoms. The molecule has 40 heavy (non-hydrogen) atoms. The Morgan fingerprint density at radius 2 is 1.98 bits per heavy atom. The first-order valence-electron chi connectivity index (χ1n) is 13.7. The lowest BCUT2D eigenvalue weighted by molar-refractivity contribution is -0.00514. The number of ether oxygens (including phenoxy) is 3. The van der Waals surface area contributed by atoms with Crippen LogP contribution in [0, 0.1) is 0 Å². The molecule has 2 aliphatic heterocycles. The molecule has 1 saturated heterocycles. The van der Waals surface area contributed by atoms with E-state index in [1.165, 1.54) is 0 Å². The number of rotatable bonds is 9. The van der Waals surface area contributed by atoms with Gasteiger partial charge in [-0.25, -0.2) is 9.97 Å². The standard InChI is InChI=1S/C31H33N5O4/c1-3-39-25-8-10-28-27(17-25)30(33-23-7-9-26-22(15-23)18-32-31(26)37)35-29(34-28)21-5-4-6-24(16-21)40-14-12-36-11-13-38-19-20(36)2/h4-10,15-17,20H,3,11-14,18-19H2,1-2H3,(H,32,37)(H,33,34,35). The highest BCUT2D eigenvalue weighted by Gasteiger charge is 2.20. The van der Waals surface area contributed by atoms with Gasteiger partial charge in [-0.3, -0.25) is 9.69 Å². The van der Waals surface area contributed by atoms with Crippen molar-refractivity contribution in [3.63, 3.8) is 0 Å². The number of nitrogens with one attached hydrogen (secondary N) is 2. The van der Waals surface area contributed by atoms with Crippen molar-refractivity contribution in [2.75, 3.05) is 44.8 Å². The summed E-state index contributed by atoms with van der Waals surface area (Å²) >= 11 is 0. The summed E-state index contributed by atoms with van der Waals surface area (Å²) < 4.78 is 17.4. The molecule has 4 aromatic rings. The first-order chi connectivity index (χ1) is 19.6. The molecule has 1 atom stereocenters. The quantitative estimate of drug-likeness (QED) is 0.314. The molecule has 6 rings (SSSR count). The van der Waals surface area contributed by atoms with Gasteiger partial charge in [-0.15, -0.1) is 0 Å². The number of benzene rings is 3. The van der Waals surface area contributed by atoms with Crippen LogP contribution in [-0.4, -0.2) is 66.3 Å². The topological polar surface area (TPSA) is 97.8 Å². The number of hydrogen-bond donors (Lipinski definition) is 2. The molecule has 0 bridgehead atoms. The van der Waals surface area contributed by atoms with Crippen molar-refractivity contribution in [2.45, 2.75) is 26.4 Å². The Labute approximate surface area is 233 Å². The van der Waals surface area contributed by atoms with Crippen LogP contribution in [-0.2, 0) is 11.3 Å². The normalized spacial score (nSPS) is 16.9. The Kier molecular flexibility index (Phi) is 7.48. The van der Waals surface area contributed by atoms with Crippen molar-refractivity contribution in [3.8, 4) is 22.9 Å². The number of anilines is 2. The number of carbonyl (C=O) groups excluding carboxylic acids is 1. The molecule has 9 nitrogen and oxygen atoms in total. The van der Waals surface area contributed by atoms with E-state index in [1.807, 2.05) is 67.6 Å². The monoisotopic (exact) mass is 539 g/mol. The smallest absolute Gasteiger partial charge is 0.251 e. The first-order valence-corrected chi connectivity index (χ1v) is 13.7. The third-order valence-corrected chi connectivity index (χ3v) is 7.27. The Balaban J connectivity index is 1.29. The van der Waals surface area contributed by atoms with Crippen molar-refractivity contribution in [2.24, 2.45) is 0 Å². The average Bonchev–Trinajstić information content (AvgIpc) is 3.34. The van der Waals surface area contributed by atoms with Crippen LogP contribution in [0.5, 0.6) is 11.5 Å². The van der Waals surface area contributed by atoms with E-state index in [4.69, 9.17) is 24.2 Å². The van der Waals surface area contributed by atoms with E-state index in [9.17, 15) is 4.79 Å². The molecular formula is C31H33N5O4.